The van der Waals surface area contributed by atoms with Crippen molar-refractivity contribution >= 4 is 23.2 Å². The quantitative estimate of drug-likeness (QED) is 0.792. The Labute approximate surface area is 129 Å². The van der Waals surface area contributed by atoms with Crippen LogP contribution in [0, 0.1) is 13.8 Å². The number of carbonyl (C=O) groups is 2. The lowest BCUT2D eigenvalue weighted by Crippen LogP contribution is -2.23. The van der Waals surface area contributed by atoms with Crippen LogP contribution < -0.4 is 16.4 Å². The van der Waals surface area contributed by atoms with Gasteiger partial charge in [-0.2, -0.15) is 0 Å². The van der Waals surface area contributed by atoms with Gasteiger partial charge in [0.25, 0.3) is 5.91 Å². The molecule has 0 aliphatic carbocycles. The van der Waals surface area contributed by atoms with Crippen molar-refractivity contribution in [3.05, 3.63) is 59.2 Å². The third-order valence-electron chi connectivity index (χ3n) is 3.30. The van der Waals surface area contributed by atoms with E-state index in [1.165, 1.54) is 0 Å². The summed E-state index contributed by atoms with van der Waals surface area (Å²) in [7, 11) is 0. The average molecular weight is 297 g/mol. The van der Waals surface area contributed by atoms with Crippen LogP contribution in [0.3, 0.4) is 0 Å². The third kappa shape index (κ3) is 3.85. The summed E-state index contributed by atoms with van der Waals surface area (Å²) in [6.45, 7) is 3.96. The van der Waals surface area contributed by atoms with Gasteiger partial charge in [0.1, 0.15) is 0 Å². The van der Waals surface area contributed by atoms with Gasteiger partial charge in [-0.15, -0.1) is 0 Å². The minimum Gasteiger partial charge on any atom is -0.376 e. The number of hydrogen-bond donors (Lipinski definition) is 3. The Morgan fingerprint density at radius 2 is 1.77 bits per heavy atom. The molecule has 114 valence electrons. The van der Waals surface area contributed by atoms with Crippen LogP contribution in [0.2, 0.25) is 0 Å². The molecule has 0 bridgehead atoms. The maximum absolute atomic E-state index is 12.0. The monoisotopic (exact) mass is 297 g/mol. The summed E-state index contributed by atoms with van der Waals surface area (Å²) < 4.78 is 0. The molecule has 2 aromatic carbocycles. The van der Waals surface area contributed by atoms with E-state index in [0.717, 1.165) is 16.8 Å². The molecule has 2 aromatic rings. The predicted molar refractivity (Wildman–Crippen MR) is 88.0 cm³/mol. The first-order valence-electron chi connectivity index (χ1n) is 6.97. The summed E-state index contributed by atoms with van der Waals surface area (Å²) >= 11 is 0. The van der Waals surface area contributed by atoms with Gasteiger partial charge in [-0.25, -0.2) is 0 Å². The number of anilines is 2. The highest BCUT2D eigenvalue weighted by atomic mass is 16.2. The molecule has 5 nitrogen and oxygen atoms in total. The fraction of sp³-hybridized carbons (Fsp3) is 0.176. The van der Waals surface area contributed by atoms with Crippen molar-refractivity contribution in [3.63, 3.8) is 0 Å². The fourth-order valence-electron chi connectivity index (χ4n) is 2.09. The van der Waals surface area contributed by atoms with Gasteiger partial charge >= 0.3 is 0 Å². The van der Waals surface area contributed by atoms with E-state index in [0.29, 0.717) is 11.3 Å². The van der Waals surface area contributed by atoms with Crippen molar-refractivity contribution in [2.45, 2.75) is 13.8 Å². The van der Waals surface area contributed by atoms with Crippen molar-refractivity contribution in [1.82, 2.24) is 0 Å². The maximum atomic E-state index is 12.0. The summed E-state index contributed by atoms with van der Waals surface area (Å²) in [5.74, 6) is -0.717. The molecule has 0 radical (unpaired) electrons. The first kappa shape index (κ1) is 15.6. The highest BCUT2D eigenvalue weighted by molar-refractivity contribution is 6.00. The second kappa shape index (κ2) is 6.76. The highest BCUT2D eigenvalue weighted by Gasteiger charge is 2.09. The first-order chi connectivity index (χ1) is 10.5. The van der Waals surface area contributed by atoms with Crippen LogP contribution in [-0.4, -0.2) is 18.4 Å². The van der Waals surface area contributed by atoms with Gasteiger partial charge in [0.2, 0.25) is 5.91 Å². The van der Waals surface area contributed by atoms with E-state index in [-0.39, 0.29) is 12.5 Å². The second-order valence-corrected chi connectivity index (χ2v) is 5.13. The Morgan fingerprint density at radius 1 is 1.05 bits per heavy atom. The second-order valence-electron chi connectivity index (χ2n) is 5.13. The molecule has 0 spiro atoms. The van der Waals surface area contributed by atoms with Crippen LogP contribution in [0.25, 0.3) is 0 Å². The molecule has 2 amide bonds. The van der Waals surface area contributed by atoms with Gasteiger partial charge in [-0.05, 0) is 43.2 Å². The van der Waals surface area contributed by atoms with Crippen LogP contribution >= 0.6 is 0 Å². The average Bonchev–Trinajstić information content (AvgIpc) is 2.49. The number of primary amides is 1. The molecule has 0 saturated heterocycles. The zero-order chi connectivity index (χ0) is 16.1. The van der Waals surface area contributed by atoms with Crippen LogP contribution in [-0.2, 0) is 4.79 Å². The largest absolute Gasteiger partial charge is 0.376 e. The molecule has 22 heavy (non-hydrogen) atoms. The number of carbonyl (C=O) groups excluding carboxylic acids is 2. The minimum atomic E-state index is -0.530. The molecule has 0 aliphatic heterocycles. The van der Waals surface area contributed by atoms with E-state index < -0.39 is 5.91 Å². The van der Waals surface area contributed by atoms with Crippen molar-refractivity contribution < 1.29 is 9.59 Å². The lowest BCUT2D eigenvalue weighted by atomic mass is 10.1. The SMILES string of the molecule is Cc1ccc(C)c(NC(=O)CNc2ccccc2C(N)=O)c1. The Kier molecular flexibility index (Phi) is 4.78. The lowest BCUT2D eigenvalue weighted by Gasteiger charge is -2.12. The van der Waals surface area contributed by atoms with E-state index in [9.17, 15) is 9.59 Å². The molecular formula is C17H19N3O2. The normalized spacial score (nSPS) is 10.1. The van der Waals surface area contributed by atoms with Gasteiger partial charge < -0.3 is 16.4 Å². The van der Waals surface area contributed by atoms with E-state index in [2.05, 4.69) is 10.6 Å². The number of hydrogen-bond acceptors (Lipinski definition) is 3. The van der Waals surface area contributed by atoms with E-state index in [1.807, 2.05) is 32.0 Å². The van der Waals surface area contributed by atoms with Crippen molar-refractivity contribution in [2.24, 2.45) is 5.73 Å². The fourth-order valence-corrected chi connectivity index (χ4v) is 2.09. The zero-order valence-electron chi connectivity index (χ0n) is 12.6. The number of aryl methyl sites for hydroxylation is 2. The summed E-state index contributed by atoms with van der Waals surface area (Å²) in [6.07, 6.45) is 0. The van der Waals surface area contributed by atoms with Crippen molar-refractivity contribution in [2.75, 3.05) is 17.2 Å². The van der Waals surface area contributed by atoms with Gasteiger partial charge in [0, 0.05) is 11.4 Å². The molecule has 0 aliphatic rings. The third-order valence-corrected chi connectivity index (χ3v) is 3.30. The Morgan fingerprint density at radius 3 is 2.50 bits per heavy atom. The van der Waals surface area contributed by atoms with Gasteiger partial charge in [0.05, 0.1) is 12.1 Å². The number of amides is 2. The summed E-state index contributed by atoms with van der Waals surface area (Å²) in [6, 6.07) is 12.7. The number of benzene rings is 2. The smallest absolute Gasteiger partial charge is 0.250 e. The zero-order valence-corrected chi connectivity index (χ0v) is 12.6. The molecular weight excluding hydrogens is 278 g/mol. The molecule has 0 aromatic heterocycles. The van der Waals surface area contributed by atoms with Crippen LogP contribution in [0.15, 0.2) is 42.5 Å². The number of rotatable bonds is 5. The van der Waals surface area contributed by atoms with Crippen molar-refractivity contribution in [3.8, 4) is 0 Å². The predicted octanol–water partition coefficient (Wildman–Crippen LogP) is 2.45. The van der Waals surface area contributed by atoms with Crippen molar-refractivity contribution in [1.29, 1.82) is 0 Å². The lowest BCUT2D eigenvalue weighted by molar-refractivity contribution is -0.114. The molecule has 0 fully saturated rings. The Balaban J connectivity index is 2.02. The molecule has 4 N–H and O–H groups in total. The molecule has 0 atom stereocenters. The topological polar surface area (TPSA) is 84.2 Å². The Bertz CT molecular complexity index is 711. The Hall–Kier alpha value is -2.82. The van der Waals surface area contributed by atoms with Crippen LogP contribution in [0.4, 0.5) is 11.4 Å². The van der Waals surface area contributed by atoms with Crippen LogP contribution in [0.5, 0.6) is 0 Å². The molecule has 5 heteroatoms. The van der Waals surface area contributed by atoms with Gasteiger partial charge in [-0.1, -0.05) is 24.3 Å². The van der Waals surface area contributed by atoms with Crippen LogP contribution in [0.1, 0.15) is 21.5 Å². The standard InChI is InChI=1S/C17H19N3O2/c1-11-7-8-12(2)15(9-11)20-16(21)10-19-14-6-4-3-5-13(14)17(18)22/h3-9,19H,10H2,1-2H3,(H2,18,22)(H,20,21). The first-order valence-corrected chi connectivity index (χ1v) is 6.97. The van der Waals surface area contributed by atoms with E-state index in [1.54, 1.807) is 24.3 Å². The minimum absolute atomic E-state index is 0.0532. The summed E-state index contributed by atoms with van der Waals surface area (Å²) in [4.78, 5) is 23.4. The summed E-state index contributed by atoms with van der Waals surface area (Å²) in [5.41, 5.74) is 9.07. The molecule has 0 heterocycles. The van der Waals surface area contributed by atoms with Gasteiger partial charge in [0.15, 0.2) is 0 Å². The highest BCUT2D eigenvalue weighted by Crippen LogP contribution is 2.17. The van der Waals surface area contributed by atoms with E-state index in [4.69, 9.17) is 5.73 Å². The number of nitrogens with two attached hydrogens (primary N) is 1. The van der Waals surface area contributed by atoms with E-state index >= 15 is 0 Å². The molecule has 0 unspecified atom stereocenters. The molecule has 2 rings (SSSR count). The summed E-state index contributed by atoms with van der Waals surface area (Å²) in [5, 5.41) is 5.79. The van der Waals surface area contributed by atoms with Gasteiger partial charge in [-0.3, -0.25) is 9.59 Å². The number of nitrogens with one attached hydrogen (secondary N) is 2. The maximum Gasteiger partial charge on any atom is 0.250 e. The number of para-hydroxylation sites is 1. The molecule has 0 saturated carbocycles.